The minimum absolute atomic E-state index is 0.113. The highest BCUT2D eigenvalue weighted by molar-refractivity contribution is 7.86. The molecule has 2 heterocycles. The first-order chi connectivity index (χ1) is 14.8. The lowest BCUT2D eigenvalue weighted by Crippen LogP contribution is -2.47. The third-order valence-electron chi connectivity index (χ3n) is 5.15. The molecule has 1 aromatic heterocycles. The number of pyridine rings is 1. The van der Waals surface area contributed by atoms with Crippen LogP contribution in [0.2, 0.25) is 0 Å². The zero-order valence-electron chi connectivity index (χ0n) is 17.6. The maximum Gasteiger partial charge on any atom is 0.281 e. The fourth-order valence-corrected chi connectivity index (χ4v) is 4.59. The minimum atomic E-state index is -3.58. The van der Waals surface area contributed by atoms with Gasteiger partial charge < -0.3 is 10.6 Å². The van der Waals surface area contributed by atoms with Crippen LogP contribution in [-0.4, -0.2) is 61.0 Å². The van der Waals surface area contributed by atoms with Gasteiger partial charge in [-0.2, -0.15) is 17.0 Å². The standard InChI is InChI=1S/C21H27N5O4S/c1-25(2)31(29,30)26-12-6-8-17(15-26)20(27)24-19-10-4-3-9-18(19)21(28)23-14-16-7-5-11-22-13-16/h3-5,7,9-11,13,17H,6,8,12,14-15H2,1-2H3,(H,23,28)(H,24,27)/t17-/m1/s1. The van der Waals surface area contributed by atoms with Crippen molar-refractivity contribution in [2.75, 3.05) is 32.5 Å². The molecule has 0 aliphatic carbocycles. The van der Waals surface area contributed by atoms with Gasteiger partial charge in [0.2, 0.25) is 5.91 Å². The molecule has 1 aromatic carbocycles. The first-order valence-electron chi connectivity index (χ1n) is 10.0. The Balaban J connectivity index is 1.67. The van der Waals surface area contributed by atoms with E-state index in [1.807, 2.05) is 6.07 Å². The second-order valence-electron chi connectivity index (χ2n) is 7.57. The summed E-state index contributed by atoms with van der Waals surface area (Å²) in [5.41, 5.74) is 1.60. The lowest BCUT2D eigenvalue weighted by Gasteiger charge is -2.32. The fraction of sp³-hybridized carbons (Fsp3) is 0.381. The Kier molecular flexibility index (Phi) is 7.37. The summed E-state index contributed by atoms with van der Waals surface area (Å²) in [6, 6.07) is 10.4. The van der Waals surface area contributed by atoms with E-state index < -0.39 is 16.1 Å². The summed E-state index contributed by atoms with van der Waals surface area (Å²) in [7, 11) is -0.634. The van der Waals surface area contributed by atoms with Gasteiger partial charge in [-0.3, -0.25) is 14.6 Å². The SMILES string of the molecule is CN(C)S(=O)(=O)N1CCC[C@@H](C(=O)Nc2ccccc2C(=O)NCc2cccnc2)C1. The Morgan fingerprint density at radius 2 is 1.97 bits per heavy atom. The van der Waals surface area contributed by atoms with Crippen LogP contribution in [0.15, 0.2) is 48.8 Å². The number of nitrogens with one attached hydrogen (secondary N) is 2. The number of anilines is 1. The molecule has 31 heavy (non-hydrogen) atoms. The molecule has 1 fully saturated rings. The summed E-state index contributed by atoms with van der Waals surface area (Å²) in [6.45, 7) is 0.814. The van der Waals surface area contributed by atoms with Crippen molar-refractivity contribution in [2.45, 2.75) is 19.4 Å². The monoisotopic (exact) mass is 445 g/mol. The highest BCUT2D eigenvalue weighted by Crippen LogP contribution is 2.23. The van der Waals surface area contributed by atoms with E-state index in [1.54, 1.807) is 42.7 Å². The van der Waals surface area contributed by atoms with Crippen LogP contribution in [0.3, 0.4) is 0 Å². The van der Waals surface area contributed by atoms with Crippen molar-refractivity contribution in [3.8, 4) is 0 Å². The average molecular weight is 446 g/mol. The number of carbonyl (C=O) groups is 2. The molecule has 166 valence electrons. The summed E-state index contributed by atoms with van der Waals surface area (Å²) in [4.78, 5) is 29.6. The maximum atomic E-state index is 12.9. The molecule has 1 saturated heterocycles. The molecule has 2 amide bonds. The van der Waals surface area contributed by atoms with E-state index in [9.17, 15) is 18.0 Å². The summed E-state index contributed by atoms with van der Waals surface area (Å²) >= 11 is 0. The Labute approximate surface area is 182 Å². The lowest BCUT2D eigenvalue weighted by molar-refractivity contribution is -0.120. The zero-order valence-corrected chi connectivity index (χ0v) is 18.4. The van der Waals surface area contributed by atoms with E-state index in [2.05, 4.69) is 15.6 Å². The molecule has 2 N–H and O–H groups in total. The van der Waals surface area contributed by atoms with Gasteiger partial charge in [-0.15, -0.1) is 0 Å². The Morgan fingerprint density at radius 1 is 1.19 bits per heavy atom. The topological polar surface area (TPSA) is 112 Å². The smallest absolute Gasteiger partial charge is 0.281 e. The quantitative estimate of drug-likeness (QED) is 0.670. The predicted octanol–water partition coefficient (Wildman–Crippen LogP) is 1.47. The van der Waals surface area contributed by atoms with E-state index in [0.29, 0.717) is 37.2 Å². The second kappa shape index (κ2) is 9.99. The van der Waals surface area contributed by atoms with Gasteiger partial charge in [-0.1, -0.05) is 18.2 Å². The molecule has 0 spiro atoms. The van der Waals surface area contributed by atoms with Crippen LogP contribution in [-0.2, 0) is 21.5 Å². The third kappa shape index (κ3) is 5.66. The number of amides is 2. The van der Waals surface area contributed by atoms with Crippen molar-refractivity contribution in [3.63, 3.8) is 0 Å². The van der Waals surface area contributed by atoms with Gasteiger partial charge in [0, 0.05) is 46.1 Å². The first kappa shape index (κ1) is 22.9. The van der Waals surface area contributed by atoms with Gasteiger partial charge >= 0.3 is 0 Å². The van der Waals surface area contributed by atoms with Crippen LogP contribution in [0, 0.1) is 5.92 Å². The molecule has 0 radical (unpaired) electrons. The molecule has 1 atom stereocenters. The van der Waals surface area contributed by atoms with Crippen LogP contribution in [0.5, 0.6) is 0 Å². The average Bonchev–Trinajstić information content (AvgIpc) is 2.78. The summed E-state index contributed by atoms with van der Waals surface area (Å²) in [5.74, 6) is -1.11. The van der Waals surface area contributed by atoms with Crippen molar-refractivity contribution < 1.29 is 18.0 Å². The van der Waals surface area contributed by atoms with Gasteiger partial charge in [0.25, 0.3) is 16.1 Å². The second-order valence-corrected chi connectivity index (χ2v) is 9.71. The highest BCUT2D eigenvalue weighted by Gasteiger charge is 2.33. The van der Waals surface area contributed by atoms with Crippen LogP contribution < -0.4 is 10.6 Å². The maximum absolute atomic E-state index is 12.9. The number of para-hydroxylation sites is 1. The van der Waals surface area contributed by atoms with E-state index >= 15 is 0 Å². The largest absolute Gasteiger partial charge is 0.348 e. The zero-order chi connectivity index (χ0) is 22.4. The molecule has 0 bridgehead atoms. The van der Waals surface area contributed by atoms with Crippen LogP contribution in [0.25, 0.3) is 0 Å². The molecule has 10 heteroatoms. The normalized spacial score (nSPS) is 17.3. The molecule has 1 aliphatic rings. The number of rotatable bonds is 7. The third-order valence-corrected chi connectivity index (χ3v) is 7.06. The molecule has 0 unspecified atom stereocenters. The Bertz CT molecular complexity index is 1030. The summed E-state index contributed by atoms with van der Waals surface area (Å²) in [5, 5.41) is 5.64. The lowest BCUT2D eigenvalue weighted by atomic mass is 9.98. The number of nitrogens with zero attached hydrogens (tertiary/aromatic N) is 3. The number of hydrogen-bond acceptors (Lipinski definition) is 5. The fourth-order valence-electron chi connectivity index (χ4n) is 3.40. The number of benzene rings is 1. The Hall–Kier alpha value is -2.82. The molecule has 1 aliphatic heterocycles. The number of carbonyl (C=O) groups excluding carboxylic acids is 2. The summed E-state index contributed by atoms with van der Waals surface area (Å²) in [6.07, 6.45) is 4.51. The Morgan fingerprint density at radius 3 is 2.68 bits per heavy atom. The van der Waals surface area contributed by atoms with Crippen LogP contribution >= 0.6 is 0 Å². The van der Waals surface area contributed by atoms with Crippen molar-refractivity contribution in [3.05, 3.63) is 59.9 Å². The van der Waals surface area contributed by atoms with E-state index in [1.165, 1.54) is 18.4 Å². The van der Waals surface area contributed by atoms with Crippen molar-refractivity contribution in [1.29, 1.82) is 0 Å². The van der Waals surface area contributed by atoms with E-state index in [-0.39, 0.29) is 18.4 Å². The van der Waals surface area contributed by atoms with Gasteiger partial charge in [-0.05, 0) is 36.6 Å². The first-order valence-corrected chi connectivity index (χ1v) is 11.4. The van der Waals surface area contributed by atoms with Crippen LogP contribution in [0.1, 0.15) is 28.8 Å². The van der Waals surface area contributed by atoms with Crippen molar-refractivity contribution in [1.82, 2.24) is 18.9 Å². The molecule has 3 rings (SSSR count). The number of aromatic nitrogens is 1. The molecule has 2 aromatic rings. The van der Waals surface area contributed by atoms with Gasteiger partial charge in [-0.25, -0.2) is 0 Å². The van der Waals surface area contributed by atoms with Gasteiger partial charge in [0.05, 0.1) is 17.2 Å². The van der Waals surface area contributed by atoms with Crippen LogP contribution in [0.4, 0.5) is 5.69 Å². The molecule has 9 nitrogen and oxygen atoms in total. The minimum Gasteiger partial charge on any atom is -0.348 e. The van der Waals surface area contributed by atoms with Gasteiger partial charge in [0.1, 0.15) is 0 Å². The molecular weight excluding hydrogens is 418 g/mol. The summed E-state index contributed by atoms with van der Waals surface area (Å²) < 4.78 is 27.3. The van der Waals surface area contributed by atoms with Crippen molar-refractivity contribution >= 4 is 27.7 Å². The molecular formula is C21H27N5O4S. The van der Waals surface area contributed by atoms with Gasteiger partial charge in [0.15, 0.2) is 0 Å². The number of hydrogen-bond donors (Lipinski definition) is 2. The van der Waals surface area contributed by atoms with E-state index in [4.69, 9.17) is 0 Å². The van der Waals surface area contributed by atoms with Crippen molar-refractivity contribution in [2.24, 2.45) is 5.92 Å². The predicted molar refractivity (Wildman–Crippen MR) is 117 cm³/mol. The number of piperidine rings is 1. The van der Waals surface area contributed by atoms with E-state index in [0.717, 1.165) is 9.87 Å². The highest BCUT2D eigenvalue weighted by atomic mass is 32.2. The molecule has 0 saturated carbocycles.